The monoisotopic (exact) mass is 335 g/mol. The van der Waals surface area contributed by atoms with Crippen molar-refractivity contribution in [3.63, 3.8) is 0 Å². The summed E-state index contributed by atoms with van der Waals surface area (Å²) in [6, 6.07) is 15.1. The van der Waals surface area contributed by atoms with Crippen LogP contribution in [-0.2, 0) is 6.42 Å². The van der Waals surface area contributed by atoms with E-state index in [1.165, 1.54) is 20.9 Å². The van der Waals surface area contributed by atoms with Crippen molar-refractivity contribution in [2.75, 3.05) is 0 Å². The molecule has 0 radical (unpaired) electrons. The van der Waals surface area contributed by atoms with Crippen LogP contribution in [0.15, 0.2) is 56.7 Å². The minimum atomic E-state index is 0.172. The topological polar surface area (TPSA) is 26.0 Å². The Bertz CT molecular complexity index is 566. The molecule has 0 amide bonds. The van der Waals surface area contributed by atoms with Gasteiger partial charge in [-0.1, -0.05) is 45.9 Å². The first kappa shape index (κ1) is 14.6. The normalized spacial score (nSPS) is 12.4. The van der Waals surface area contributed by atoms with Crippen LogP contribution in [-0.4, -0.2) is 6.04 Å². The minimum absolute atomic E-state index is 0.172. The summed E-state index contributed by atoms with van der Waals surface area (Å²) in [6.07, 6.45) is 0.896. The molecule has 0 aliphatic rings. The molecule has 0 fully saturated rings. The molecule has 19 heavy (non-hydrogen) atoms. The van der Waals surface area contributed by atoms with E-state index >= 15 is 0 Å². The van der Waals surface area contributed by atoms with Gasteiger partial charge in [0.15, 0.2) is 0 Å². The smallest absolute Gasteiger partial charge is 0.0178 e. The average Bonchev–Trinajstić information content (AvgIpc) is 2.34. The molecule has 2 N–H and O–H groups in total. The summed E-state index contributed by atoms with van der Waals surface area (Å²) in [5, 5.41) is 0. The van der Waals surface area contributed by atoms with Gasteiger partial charge in [0.1, 0.15) is 0 Å². The van der Waals surface area contributed by atoms with E-state index in [-0.39, 0.29) is 6.04 Å². The van der Waals surface area contributed by atoms with Crippen LogP contribution in [0.1, 0.15) is 18.1 Å². The summed E-state index contributed by atoms with van der Waals surface area (Å²) >= 11 is 5.35. The molecule has 0 bridgehead atoms. The second-order valence-corrected chi connectivity index (χ2v) is 6.80. The van der Waals surface area contributed by atoms with Gasteiger partial charge in [-0.05, 0) is 55.7 Å². The third-order valence-electron chi connectivity index (χ3n) is 2.88. The Morgan fingerprint density at radius 2 is 1.89 bits per heavy atom. The van der Waals surface area contributed by atoms with Crippen molar-refractivity contribution in [2.24, 2.45) is 5.73 Å². The number of benzene rings is 2. The maximum atomic E-state index is 5.94. The highest BCUT2D eigenvalue weighted by atomic mass is 79.9. The van der Waals surface area contributed by atoms with Crippen LogP contribution in [0.4, 0.5) is 0 Å². The van der Waals surface area contributed by atoms with Crippen molar-refractivity contribution in [3.05, 3.63) is 58.1 Å². The quantitative estimate of drug-likeness (QED) is 0.868. The second kappa shape index (κ2) is 6.60. The van der Waals surface area contributed by atoms with E-state index in [0.29, 0.717) is 0 Å². The fraction of sp³-hybridized carbons (Fsp3) is 0.250. The van der Waals surface area contributed by atoms with E-state index in [0.717, 1.165) is 10.9 Å². The minimum Gasteiger partial charge on any atom is -0.328 e. The Labute approximate surface area is 127 Å². The molecule has 0 aliphatic carbocycles. The van der Waals surface area contributed by atoms with E-state index in [1.807, 2.05) is 18.7 Å². The van der Waals surface area contributed by atoms with Gasteiger partial charge < -0.3 is 5.73 Å². The van der Waals surface area contributed by atoms with Crippen LogP contribution in [0.25, 0.3) is 0 Å². The molecule has 0 aromatic heterocycles. The lowest BCUT2D eigenvalue weighted by Crippen LogP contribution is -2.18. The van der Waals surface area contributed by atoms with Gasteiger partial charge in [-0.2, -0.15) is 0 Å². The van der Waals surface area contributed by atoms with E-state index in [4.69, 9.17) is 5.73 Å². The van der Waals surface area contributed by atoms with Gasteiger partial charge in [0.05, 0.1) is 0 Å². The van der Waals surface area contributed by atoms with Crippen LogP contribution in [0.5, 0.6) is 0 Å². The Kier molecular flexibility index (Phi) is 5.08. The fourth-order valence-corrected chi connectivity index (χ4v) is 3.37. The fourth-order valence-electron chi connectivity index (χ4n) is 1.94. The molecule has 2 aromatic carbocycles. The highest BCUT2D eigenvalue weighted by molar-refractivity contribution is 9.10. The lowest BCUT2D eigenvalue weighted by atomic mass is 10.1. The van der Waals surface area contributed by atoms with Gasteiger partial charge in [-0.3, -0.25) is 0 Å². The summed E-state index contributed by atoms with van der Waals surface area (Å²) in [4.78, 5) is 2.59. The van der Waals surface area contributed by atoms with Crippen LogP contribution in [0.2, 0.25) is 0 Å². The SMILES string of the molecule is Cc1ccccc1Sc1ccc(Br)cc1CC(C)N. The number of rotatable bonds is 4. The Hall–Kier alpha value is -0.770. The van der Waals surface area contributed by atoms with Gasteiger partial charge in [-0.15, -0.1) is 0 Å². The van der Waals surface area contributed by atoms with E-state index < -0.39 is 0 Å². The molecule has 2 aromatic rings. The molecular formula is C16H18BrNS. The molecule has 100 valence electrons. The van der Waals surface area contributed by atoms with Gasteiger partial charge in [0.25, 0.3) is 0 Å². The zero-order valence-electron chi connectivity index (χ0n) is 11.2. The zero-order valence-corrected chi connectivity index (χ0v) is 13.6. The predicted molar refractivity (Wildman–Crippen MR) is 86.8 cm³/mol. The third kappa shape index (κ3) is 4.10. The first-order valence-electron chi connectivity index (χ1n) is 6.34. The molecule has 1 atom stereocenters. The van der Waals surface area contributed by atoms with E-state index in [9.17, 15) is 0 Å². The standard InChI is InChI=1S/C16H18BrNS/c1-11-5-3-4-6-15(11)19-16-8-7-14(17)10-13(16)9-12(2)18/h3-8,10,12H,9,18H2,1-2H3. The van der Waals surface area contributed by atoms with Crippen LogP contribution in [0, 0.1) is 6.92 Å². The number of halogens is 1. The first-order chi connectivity index (χ1) is 9.06. The maximum absolute atomic E-state index is 5.94. The molecule has 2 rings (SSSR count). The van der Waals surface area contributed by atoms with E-state index in [1.54, 1.807) is 0 Å². The van der Waals surface area contributed by atoms with Gasteiger partial charge >= 0.3 is 0 Å². The molecular weight excluding hydrogens is 318 g/mol. The van der Waals surface area contributed by atoms with Crippen LogP contribution < -0.4 is 5.73 Å². The molecule has 0 aliphatic heterocycles. The van der Waals surface area contributed by atoms with Gasteiger partial charge in [-0.25, -0.2) is 0 Å². The van der Waals surface area contributed by atoms with Crippen molar-refractivity contribution in [3.8, 4) is 0 Å². The van der Waals surface area contributed by atoms with Crippen molar-refractivity contribution in [1.29, 1.82) is 0 Å². The van der Waals surface area contributed by atoms with Gasteiger partial charge in [0.2, 0.25) is 0 Å². The van der Waals surface area contributed by atoms with Crippen molar-refractivity contribution >= 4 is 27.7 Å². The molecule has 1 unspecified atom stereocenters. The highest BCUT2D eigenvalue weighted by Gasteiger charge is 2.08. The second-order valence-electron chi connectivity index (χ2n) is 4.80. The van der Waals surface area contributed by atoms with Crippen molar-refractivity contribution in [2.45, 2.75) is 36.1 Å². The Balaban J connectivity index is 2.32. The largest absolute Gasteiger partial charge is 0.328 e. The first-order valence-corrected chi connectivity index (χ1v) is 7.94. The number of nitrogens with two attached hydrogens (primary N) is 1. The Morgan fingerprint density at radius 1 is 1.16 bits per heavy atom. The van der Waals surface area contributed by atoms with Gasteiger partial charge in [0, 0.05) is 20.3 Å². The molecule has 1 nitrogen and oxygen atoms in total. The third-order valence-corrected chi connectivity index (χ3v) is 4.67. The number of hydrogen-bond donors (Lipinski definition) is 1. The predicted octanol–water partition coefficient (Wildman–Crippen LogP) is 4.80. The highest BCUT2D eigenvalue weighted by Crippen LogP contribution is 2.34. The molecule has 0 spiro atoms. The number of hydrogen-bond acceptors (Lipinski definition) is 2. The molecule has 0 heterocycles. The van der Waals surface area contributed by atoms with Crippen LogP contribution >= 0.6 is 27.7 Å². The summed E-state index contributed by atoms with van der Waals surface area (Å²) in [7, 11) is 0. The zero-order chi connectivity index (χ0) is 13.8. The lowest BCUT2D eigenvalue weighted by molar-refractivity contribution is 0.729. The average molecular weight is 336 g/mol. The summed E-state index contributed by atoms with van der Waals surface area (Å²) in [5.41, 5.74) is 8.55. The van der Waals surface area contributed by atoms with E-state index in [2.05, 4.69) is 65.3 Å². The molecule has 0 saturated heterocycles. The van der Waals surface area contributed by atoms with Crippen molar-refractivity contribution in [1.82, 2.24) is 0 Å². The maximum Gasteiger partial charge on any atom is 0.0178 e. The summed E-state index contributed by atoms with van der Waals surface area (Å²) in [5.74, 6) is 0. The molecule has 3 heteroatoms. The Morgan fingerprint density at radius 3 is 2.58 bits per heavy atom. The summed E-state index contributed by atoms with van der Waals surface area (Å²) in [6.45, 7) is 4.19. The lowest BCUT2D eigenvalue weighted by Gasteiger charge is -2.13. The van der Waals surface area contributed by atoms with Crippen LogP contribution in [0.3, 0.4) is 0 Å². The molecule has 0 saturated carbocycles. The van der Waals surface area contributed by atoms with Crippen molar-refractivity contribution < 1.29 is 0 Å². The summed E-state index contributed by atoms with van der Waals surface area (Å²) < 4.78 is 1.11. The number of aryl methyl sites for hydroxylation is 1.